The zero-order valence-electron chi connectivity index (χ0n) is 21.0. The van der Waals surface area contributed by atoms with E-state index in [1.54, 1.807) is 24.1 Å². The SMILES string of the molecule is COCCCC[C@@](O)(c1cccc(Cl)c1F)C1CCCN(C(=O)OC[C@H](N)CC2CCCCC2)C1. The molecule has 0 spiro atoms. The van der Waals surface area contributed by atoms with Gasteiger partial charge in [0.2, 0.25) is 0 Å². The number of rotatable bonds is 11. The number of unbranched alkanes of at least 4 members (excludes halogenated alkanes) is 1. The Morgan fingerprint density at radius 3 is 2.77 bits per heavy atom. The van der Waals surface area contributed by atoms with Gasteiger partial charge in [-0.25, -0.2) is 9.18 Å². The number of nitrogens with zero attached hydrogens (tertiary/aromatic N) is 1. The summed E-state index contributed by atoms with van der Waals surface area (Å²) in [5.74, 6) is -0.315. The average Bonchev–Trinajstić information content (AvgIpc) is 2.87. The van der Waals surface area contributed by atoms with Gasteiger partial charge in [-0.15, -0.1) is 0 Å². The number of carbonyl (C=O) groups is 1. The first-order chi connectivity index (χ1) is 16.8. The van der Waals surface area contributed by atoms with Crippen molar-refractivity contribution in [2.45, 2.75) is 82.3 Å². The van der Waals surface area contributed by atoms with Crippen LogP contribution in [0.4, 0.5) is 9.18 Å². The smallest absolute Gasteiger partial charge is 0.409 e. The maximum absolute atomic E-state index is 15.0. The van der Waals surface area contributed by atoms with Crippen molar-refractivity contribution in [2.75, 3.05) is 33.4 Å². The van der Waals surface area contributed by atoms with Crippen LogP contribution in [0.1, 0.15) is 76.2 Å². The Labute approximate surface area is 214 Å². The van der Waals surface area contributed by atoms with Crippen LogP contribution in [0.5, 0.6) is 0 Å². The Balaban J connectivity index is 1.63. The van der Waals surface area contributed by atoms with Crippen molar-refractivity contribution in [3.05, 3.63) is 34.6 Å². The first-order valence-corrected chi connectivity index (χ1v) is 13.6. The van der Waals surface area contributed by atoms with E-state index in [-0.39, 0.29) is 29.2 Å². The van der Waals surface area contributed by atoms with Gasteiger partial charge in [-0.2, -0.15) is 0 Å². The molecule has 3 rings (SSSR count). The van der Waals surface area contributed by atoms with Gasteiger partial charge in [-0.3, -0.25) is 0 Å². The zero-order chi connectivity index (χ0) is 25.3. The fourth-order valence-corrected chi connectivity index (χ4v) is 5.93. The second-order valence-electron chi connectivity index (χ2n) is 10.3. The highest BCUT2D eigenvalue weighted by Crippen LogP contribution is 2.42. The fraction of sp³-hybridized carbons (Fsp3) is 0.741. The van der Waals surface area contributed by atoms with Gasteiger partial charge in [-0.1, -0.05) is 55.8 Å². The number of hydrogen-bond acceptors (Lipinski definition) is 5. The molecular formula is C27H42ClFN2O4. The van der Waals surface area contributed by atoms with Crippen LogP contribution in [0.25, 0.3) is 0 Å². The van der Waals surface area contributed by atoms with Crippen molar-refractivity contribution < 1.29 is 23.8 Å². The predicted octanol–water partition coefficient (Wildman–Crippen LogP) is 5.63. The Morgan fingerprint density at radius 2 is 2.03 bits per heavy atom. The number of nitrogens with two attached hydrogens (primary N) is 1. The number of halogens is 2. The number of methoxy groups -OCH3 is 1. The highest BCUT2D eigenvalue weighted by molar-refractivity contribution is 6.30. The summed E-state index contributed by atoms with van der Waals surface area (Å²) in [5, 5.41) is 11.9. The van der Waals surface area contributed by atoms with Crippen molar-refractivity contribution in [3.63, 3.8) is 0 Å². The molecule has 0 bridgehead atoms. The first kappa shape index (κ1) is 28.2. The molecule has 1 heterocycles. The van der Waals surface area contributed by atoms with Gasteiger partial charge in [0.1, 0.15) is 12.4 Å². The lowest BCUT2D eigenvalue weighted by atomic mass is 9.74. The van der Waals surface area contributed by atoms with Crippen molar-refractivity contribution in [1.82, 2.24) is 4.90 Å². The molecule has 1 aromatic carbocycles. The van der Waals surface area contributed by atoms with E-state index < -0.39 is 17.5 Å². The van der Waals surface area contributed by atoms with Crippen molar-refractivity contribution in [2.24, 2.45) is 17.6 Å². The molecule has 1 unspecified atom stereocenters. The van der Waals surface area contributed by atoms with Gasteiger partial charge < -0.3 is 25.2 Å². The molecule has 1 aliphatic heterocycles. The third-order valence-corrected chi connectivity index (χ3v) is 8.00. The van der Waals surface area contributed by atoms with Crippen LogP contribution in [0.2, 0.25) is 5.02 Å². The second kappa shape index (κ2) is 13.8. The number of likely N-dealkylation sites (tertiary alicyclic amines) is 1. The van der Waals surface area contributed by atoms with Crippen molar-refractivity contribution in [1.29, 1.82) is 0 Å². The molecule has 198 valence electrons. The summed E-state index contributed by atoms with van der Waals surface area (Å²) in [6, 6.07) is 4.57. The third kappa shape index (κ3) is 7.78. The van der Waals surface area contributed by atoms with E-state index in [9.17, 15) is 9.90 Å². The molecule has 3 N–H and O–H groups in total. The summed E-state index contributed by atoms with van der Waals surface area (Å²) in [4.78, 5) is 14.5. The lowest BCUT2D eigenvalue weighted by molar-refractivity contribution is -0.0625. The summed E-state index contributed by atoms with van der Waals surface area (Å²) < 4.78 is 25.8. The Hall–Kier alpha value is -1.41. The Bertz CT molecular complexity index is 807. The molecule has 1 saturated heterocycles. The van der Waals surface area contributed by atoms with Gasteiger partial charge in [0.25, 0.3) is 0 Å². The van der Waals surface area contributed by atoms with E-state index in [0.717, 1.165) is 12.8 Å². The summed E-state index contributed by atoms with van der Waals surface area (Å²) >= 11 is 6.06. The van der Waals surface area contributed by atoms with Crippen LogP contribution in [0.15, 0.2) is 18.2 Å². The number of hydrogen-bond donors (Lipinski definition) is 2. The minimum Gasteiger partial charge on any atom is -0.448 e. The van der Waals surface area contributed by atoms with Crippen LogP contribution in [0, 0.1) is 17.7 Å². The highest BCUT2D eigenvalue weighted by atomic mass is 35.5. The molecule has 2 aliphatic rings. The number of piperidine rings is 1. The lowest BCUT2D eigenvalue weighted by Crippen LogP contribution is -2.49. The minimum atomic E-state index is -1.45. The van der Waals surface area contributed by atoms with Crippen molar-refractivity contribution >= 4 is 17.7 Å². The molecule has 1 aromatic rings. The van der Waals surface area contributed by atoms with Crippen molar-refractivity contribution in [3.8, 4) is 0 Å². The number of aliphatic hydroxyl groups is 1. The summed E-state index contributed by atoms with van der Waals surface area (Å²) in [6.45, 7) is 1.60. The van der Waals surface area contributed by atoms with Crippen LogP contribution < -0.4 is 5.73 Å². The molecule has 6 nitrogen and oxygen atoms in total. The van der Waals surface area contributed by atoms with Gasteiger partial charge in [0.15, 0.2) is 0 Å². The maximum atomic E-state index is 15.0. The van der Waals surface area contributed by atoms with Gasteiger partial charge in [0, 0.05) is 44.3 Å². The summed E-state index contributed by atoms with van der Waals surface area (Å²) in [7, 11) is 1.63. The molecule has 1 amide bonds. The standard InChI is InChI=1S/C27H42ClFN2O4/c1-34-16-6-5-14-27(33,23-12-7-13-24(28)25(23)29)21-11-8-15-31(18-21)26(32)35-19-22(30)17-20-9-3-2-4-10-20/h7,12-13,20-22,33H,2-6,8-11,14-19,30H2,1H3/t21?,22-,27+/m1/s1. The third-order valence-electron chi connectivity index (χ3n) is 7.71. The minimum absolute atomic E-state index is 0.0168. The highest BCUT2D eigenvalue weighted by Gasteiger charge is 2.43. The molecule has 35 heavy (non-hydrogen) atoms. The van der Waals surface area contributed by atoms with E-state index in [1.807, 2.05) is 0 Å². The molecule has 2 fully saturated rings. The Kier molecular flexibility index (Phi) is 11.1. The summed E-state index contributed by atoms with van der Waals surface area (Å²) in [6.07, 6.45) is 9.84. The monoisotopic (exact) mass is 512 g/mol. The van der Waals surface area contributed by atoms with Crippen LogP contribution in [-0.2, 0) is 15.1 Å². The Morgan fingerprint density at radius 1 is 1.26 bits per heavy atom. The topological polar surface area (TPSA) is 85.0 Å². The van der Waals surface area contributed by atoms with Gasteiger partial charge >= 0.3 is 6.09 Å². The molecule has 1 aliphatic carbocycles. The normalized spacial score (nSPS) is 22.0. The van der Waals surface area contributed by atoms with Crippen LogP contribution in [0.3, 0.4) is 0 Å². The number of carbonyl (C=O) groups excluding carboxylic acids is 1. The van der Waals surface area contributed by atoms with E-state index >= 15 is 4.39 Å². The number of amides is 1. The molecule has 8 heteroatoms. The first-order valence-electron chi connectivity index (χ1n) is 13.2. The summed E-state index contributed by atoms with van der Waals surface area (Å²) in [5.41, 5.74) is 5.01. The van der Waals surface area contributed by atoms with E-state index in [2.05, 4.69) is 0 Å². The number of ether oxygens (including phenoxy) is 2. The fourth-order valence-electron chi connectivity index (χ4n) is 5.76. The van der Waals surface area contributed by atoms with Crippen LogP contribution in [-0.4, -0.2) is 55.6 Å². The second-order valence-corrected chi connectivity index (χ2v) is 10.7. The van der Waals surface area contributed by atoms with Gasteiger partial charge in [-0.05, 0) is 50.5 Å². The maximum Gasteiger partial charge on any atom is 0.409 e. The molecule has 1 saturated carbocycles. The van der Waals surface area contributed by atoms with Crippen LogP contribution >= 0.6 is 11.6 Å². The molecule has 0 aromatic heterocycles. The molecule has 3 atom stereocenters. The zero-order valence-corrected chi connectivity index (χ0v) is 21.8. The van der Waals surface area contributed by atoms with E-state index in [0.29, 0.717) is 51.3 Å². The molecular weight excluding hydrogens is 471 g/mol. The number of benzene rings is 1. The predicted molar refractivity (Wildman–Crippen MR) is 136 cm³/mol. The average molecular weight is 513 g/mol. The lowest BCUT2D eigenvalue weighted by Gasteiger charge is -2.42. The largest absolute Gasteiger partial charge is 0.448 e. The molecule has 0 radical (unpaired) electrons. The van der Waals surface area contributed by atoms with E-state index in [1.165, 1.54) is 38.2 Å². The quantitative estimate of drug-likeness (QED) is 0.375. The van der Waals surface area contributed by atoms with E-state index in [4.69, 9.17) is 26.8 Å². The van der Waals surface area contributed by atoms with Gasteiger partial charge in [0.05, 0.1) is 10.6 Å².